The van der Waals surface area contributed by atoms with Crippen molar-refractivity contribution in [3.63, 3.8) is 0 Å². The summed E-state index contributed by atoms with van der Waals surface area (Å²) in [7, 11) is 3.87. The van der Waals surface area contributed by atoms with Gasteiger partial charge in [-0.1, -0.05) is 22.9 Å². The van der Waals surface area contributed by atoms with Gasteiger partial charge in [0.2, 0.25) is 5.95 Å². The predicted octanol–water partition coefficient (Wildman–Crippen LogP) is 3.43. The minimum atomic E-state index is -0.143. The Bertz CT molecular complexity index is 1090. The smallest absolute Gasteiger partial charge is 0.258 e. The van der Waals surface area contributed by atoms with E-state index in [2.05, 4.69) is 25.3 Å². The van der Waals surface area contributed by atoms with Crippen molar-refractivity contribution in [2.24, 2.45) is 7.05 Å². The molecule has 0 saturated heterocycles. The standard InChI is InChI=1S/C20H21N7O/c1-13-6-5-7-16(12-13)19-22-17(25-28-19)14(2)26(3)20-24-23-18(27(20)4)15-8-10-21-11-9-15/h5-12,14H,1-4H3/t14-/m0/s1. The van der Waals surface area contributed by atoms with E-state index < -0.39 is 0 Å². The molecule has 0 bridgehead atoms. The van der Waals surface area contributed by atoms with Gasteiger partial charge in [-0.3, -0.25) is 9.55 Å². The molecule has 0 unspecified atom stereocenters. The van der Waals surface area contributed by atoms with Crippen molar-refractivity contribution in [1.29, 1.82) is 0 Å². The van der Waals surface area contributed by atoms with E-state index in [0.717, 1.165) is 22.5 Å². The molecule has 8 heteroatoms. The minimum absolute atomic E-state index is 0.143. The fourth-order valence-electron chi connectivity index (χ4n) is 3.03. The molecule has 8 nitrogen and oxygen atoms in total. The first-order valence-electron chi connectivity index (χ1n) is 8.98. The highest BCUT2D eigenvalue weighted by Crippen LogP contribution is 2.27. The number of aromatic nitrogens is 6. The highest BCUT2D eigenvalue weighted by Gasteiger charge is 2.23. The zero-order chi connectivity index (χ0) is 19.7. The van der Waals surface area contributed by atoms with Crippen LogP contribution in [0.25, 0.3) is 22.8 Å². The number of hydrogen-bond donors (Lipinski definition) is 0. The van der Waals surface area contributed by atoms with Gasteiger partial charge in [-0.25, -0.2) is 0 Å². The monoisotopic (exact) mass is 375 g/mol. The predicted molar refractivity (Wildman–Crippen MR) is 106 cm³/mol. The van der Waals surface area contributed by atoms with Crippen LogP contribution in [0.4, 0.5) is 5.95 Å². The van der Waals surface area contributed by atoms with Gasteiger partial charge in [-0.15, -0.1) is 10.2 Å². The molecule has 28 heavy (non-hydrogen) atoms. The third-order valence-electron chi connectivity index (χ3n) is 4.77. The third kappa shape index (κ3) is 3.24. The molecule has 0 amide bonds. The number of benzene rings is 1. The lowest BCUT2D eigenvalue weighted by molar-refractivity contribution is 0.416. The Morgan fingerprint density at radius 2 is 1.86 bits per heavy atom. The fourth-order valence-corrected chi connectivity index (χ4v) is 3.03. The summed E-state index contributed by atoms with van der Waals surface area (Å²) in [6, 6.07) is 11.7. The van der Waals surface area contributed by atoms with Crippen LogP contribution in [0.2, 0.25) is 0 Å². The van der Waals surface area contributed by atoms with Gasteiger partial charge in [-0.2, -0.15) is 4.98 Å². The maximum atomic E-state index is 5.48. The number of hydrogen-bond acceptors (Lipinski definition) is 7. The maximum absolute atomic E-state index is 5.48. The van der Waals surface area contributed by atoms with Gasteiger partial charge in [0.1, 0.15) is 0 Å². The van der Waals surface area contributed by atoms with Crippen LogP contribution in [0.5, 0.6) is 0 Å². The fraction of sp³-hybridized carbons (Fsp3) is 0.250. The molecule has 1 aromatic carbocycles. The van der Waals surface area contributed by atoms with Crippen molar-refractivity contribution in [3.05, 3.63) is 60.2 Å². The third-order valence-corrected chi connectivity index (χ3v) is 4.77. The van der Waals surface area contributed by atoms with Gasteiger partial charge in [-0.05, 0) is 38.1 Å². The maximum Gasteiger partial charge on any atom is 0.258 e. The summed E-state index contributed by atoms with van der Waals surface area (Å²) in [5.74, 6) is 2.58. The Labute approximate surface area is 162 Å². The van der Waals surface area contributed by atoms with E-state index in [1.807, 2.05) is 73.8 Å². The summed E-state index contributed by atoms with van der Waals surface area (Å²) < 4.78 is 7.42. The Morgan fingerprint density at radius 1 is 1.07 bits per heavy atom. The Hall–Kier alpha value is -3.55. The minimum Gasteiger partial charge on any atom is -0.334 e. The second kappa shape index (κ2) is 7.22. The van der Waals surface area contributed by atoms with Crippen LogP contribution in [0.15, 0.2) is 53.3 Å². The van der Waals surface area contributed by atoms with Crippen LogP contribution >= 0.6 is 0 Å². The van der Waals surface area contributed by atoms with Gasteiger partial charge in [0.05, 0.1) is 6.04 Å². The number of pyridine rings is 1. The molecule has 3 aromatic heterocycles. The SMILES string of the molecule is Cc1cccc(-c2nc([C@H](C)N(C)c3nnc(-c4ccncc4)n3C)no2)c1. The average Bonchev–Trinajstić information content (AvgIpc) is 3.35. The van der Waals surface area contributed by atoms with Crippen molar-refractivity contribution in [2.75, 3.05) is 11.9 Å². The van der Waals surface area contributed by atoms with Crippen LogP contribution in [0.3, 0.4) is 0 Å². The molecule has 0 radical (unpaired) electrons. The molecule has 0 fully saturated rings. The largest absolute Gasteiger partial charge is 0.334 e. The molecule has 142 valence electrons. The Kier molecular flexibility index (Phi) is 4.60. The number of nitrogens with zero attached hydrogens (tertiary/aromatic N) is 7. The van der Waals surface area contributed by atoms with E-state index in [9.17, 15) is 0 Å². The topological polar surface area (TPSA) is 85.8 Å². The molecule has 0 aliphatic heterocycles. The first kappa shape index (κ1) is 17.8. The summed E-state index contributed by atoms with van der Waals surface area (Å²) in [6.45, 7) is 4.04. The van der Waals surface area contributed by atoms with Crippen LogP contribution in [0.1, 0.15) is 24.4 Å². The molecular weight excluding hydrogens is 354 g/mol. The van der Waals surface area contributed by atoms with Crippen LogP contribution in [0, 0.1) is 6.92 Å². The number of rotatable bonds is 5. The zero-order valence-corrected chi connectivity index (χ0v) is 16.2. The summed E-state index contributed by atoms with van der Waals surface area (Å²) in [6.07, 6.45) is 3.48. The van der Waals surface area contributed by atoms with Crippen LogP contribution in [-0.4, -0.2) is 36.9 Å². The molecule has 0 N–H and O–H groups in total. The highest BCUT2D eigenvalue weighted by atomic mass is 16.5. The highest BCUT2D eigenvalue weighted by molar-refractivity contribution is 5.57. The van der Waals surface area contributed by atoms with Crippen molar-refractivity contribution >= 4 is 5.95 Å². The van der Waals surface area contributed by atoms with Crippen molar-refractivity contribution < 1.29 is 4.52 Å². The van der Waals surface area contributed by atoms with E-state index in [-0.39, 0.29) is 6.04 Å². The summed E-state index contributed by atoms with van der Waals surface area (Å²) in [5.41, 5.74) is 3.01. The summed E-state index contributed by atoms with van der Waals surface area (Å²) in [4.78, 5) is 10.6. The van der Waals surface area contributed by atoms with Gasteiger partial charge in [0, 0.05) is 37.6 Å². The first-order chi connectivity index (χ1) is 13.5. The molecule has 0 spiro atoms. The Morgan fingerprint density at radius 3 is 2.61 bits per heavy atom. The number of aryl methyl sites for hydroxylation is 1. The first-order valence-corrected chi connectivity index (χ1v) is 8.98. The second-order valence-electron chi connectivity index (χ2n) is 6.73. The molecule has 0 aliphatic carbocycles. The molecule has 0 saturated carbocycles. The van der Waals surface area contributed by atoms with Gasteiger partial charge in [0.15, 0.2) is 11.6 Å². The van der Waals surface area contributed by atoms with Crippen molar-refractivity contribution in [1.82, 2.24) is 29.9 Å². The van der Waals surface area contributed by atoms with E-state index >= 15 is 0 Å². The molecule has 4 aromatic rings. The van der Waals surface area contributed by atoms with E-state index in [4.69, 9.17) is 4.52 Å². The van der Waals surface area contributed by atoms with E-state index in [0.29, 0.717) is 17.7 Å². The quantitative estimate of drug-likeness (QED) is 0.528. The zero-order valence-electron chi connectivity index (χ0n) is 16.2. The van der Waals surface area contributed by atoms with Crippen LogP contribution < -0.4 is 4.90 Å². The lowest BCUT2D eigenvalue weighted by atomic mass is 10.1. The lowest BCUT2D eigenvalue weighted by Crippen LogP contribution is -2.25. The van der Waals surface area contributed by atoms with Gasteiger partial charge < -0.3 is 9.42 Å². The molecule has 1 atom stereocenters. The summed E-state index contributed by atoms with van der Waals surface area (Å²) >= 11 is 0. The summed E-state index contributed by atoms with van der Waals surface area (Å²) in [5, 5.41) is 12.8. The van der Waals surface area contributed by atoms with E-state index in [1.54, 1.807) is 12.4 Å². The Balaban J connectivity index is 1.59. The second-order valence-corrected chi connectivity index (χ2v) is 6.73. The van der Waals surface area contributed by atoms with Crippen molar-refractivity contribution in [3.8, 4) is 22.8 Å². The van der Waals surface area contributed by atoms with E-state index in [1.165, 1.54) is 0 Å². The van der Waals surface area contributed by atoms with Gasteiger partial charge in [0.25, 0.3) is 5.89 Å². The molecule has 3 heterocycles. The molecular formula is C20H21N7O. The van der Waals surface area contributed by atoms with Crippen molar-refractivity contribution in [2.45, 2.75) is 19.9 Å². The lowest BCUT2D eigenvalue weighted by Gasteiger charge is -2.22. The normalized spacial score (nSPS) is 12.1. The number of anilines is 1. The molecule has 0 aliphatic rings. The van der Waals surface area contributed by atoms with Gasteiger partial charge >= 0.3 is 0 Å². The average molecular weight is 375 g/mol. The van der Waals surface area contributed by atoms with Crippen LogP contribution in [-0.2, 0) is 7.05 Å². The molecule has 4 rings (SSSR count).